The highest BCUT2D eigenvalue weighted by molar-refractivity contribution is 7.89. The van der Waals surface area contributed by atoms with E-state index in [1.54, 1.807) is 6.07 Å². The molecule has 0 spiro atoms. The van der Waals surface area contributed by atoms with Crippen LogP contribution in [0.5, 0.6) is 0 Å². The number of hydrogen-bond acceptors (Lipinski definition) is 4. The molecule has 0 unspecified atom stereocenters. The lowest BCUT2D eigenvalue weighted by molar-refractivity contribution is 0.358. The highest BCUT2D eigenvalue weighted by atomic mass is 32.2. The van der Waals surface area contributed by atoms with Crippen LogP contribution in [0.2, 0.25) is 0 Å². The van der Waals surface area contributed by atoms with Gasteiger partial charge in [-0.1, -0.05) is 6.07 Å². The summed E-state index contributed by atoms with van der Waals surface area (Å²) in [6.45, 7) is 6.31. The molecular weight excluding hydrogens is 300 g/mol. The molecule has 1 N–H and O–H groups in total. The van der Waals surface area contributed by atoms with Crippen LogP contribution in [0.1, 0.15) is 11.1 Å². The molecule has 0 saturated carbocycles. The summed E-state index contributed by atoms with van der Waals surface area (Å²) < 4.78 is 28.7. The summed E-state index contributed by atoms with van der Waals surface area (Å²) in [5.41, 5.74) is 2.93. The minimum Gasteiger partial charge on any atom is -0.314 e. The molecule has 0 atom stereocenters. The van der Waals surface area contributed by atoms with Crippen LogP contribution in [0.4, 0.5) is 0 Å². The van der Waals surface area contributed by atoms with Gasteiger partial charge in [-0.2, -0.15) is 9.40 Å². The second-order valence-corrected chi connectivity index (χ2v) is 7.47. The molecule has 1 saturated heterocycles. The maximum Gasteiger partial charge on any atom is 0.260 e. The quantitative estimate of drug-likeness (QED) is 0.919. The van der Waals surface area contributed by atoms with Crippen molar-refractivity contribution in [3.63, 3.8) is 0 Å². The first kappa shape index (κ1) is 15.2. The fourth-order valence-electron chi connectivity index (χ4n) is 2.77. The average Bonchev–Trinajstić information content (AvgIpc) is 2.97. The normalized spacial score (nSPS) is 16.8. The molecule has 22 heavy (non-hydrogen) atoms. The molecule has 2 aromatic rings. The smallest absolute Gasteiger partial charge is 0.260 e. The largest absolute Gasteiger partial charge is 0.314 e. The first-order valence-corrected chi connectivity index (χ1v) is 8.76. The maximum absolute atomic E-state index is 12.8. The van der Waals surface area contributed by atoms with Crippen molar-refractivity contribution in [1.29, 1.82) is 0 Å². The zero-order valence-electron chi connectivity index (χ0n) is 12.8. The number of aryl methyl sites for hydroxylation is 2. The van der Waals surface area contributed by atoms with Gasteiger partial charge in [0.25, 0.3) is 10.0 Å². The lowest BCUT2D eigenvalue weighted by atomic mass is 10.1. The third kappa shape index (κ3) is 2.79. The van der Waals surface area contributed by atoms with Crippen LogP contribution < -0.4 is 5.32 Å². The van der Waals surface area contributed by atoms with E-state index in [0.717, 1.165) is 16.8 Å². The Morgan fingerprint density at radius 2 is 1.73 bits per heavy atom. The first-order valence-electron chi connectivity index (χ1n) is 7.32. The number of nitrogens with one attached hydrogen (secondary N) is 1. The van der Waals surface area contributed by atoms with Crippen LogP contribution in [0, 0.1) is 13.8 Å². The van der Waals surface area contributed by atoms with E-state index in [-0.39, 0.29) is 5.03 Å². The molecule has 2 heterocycles. The van der Waals surface area contributed by atoms with Gasteiger partial charge in [0.2, 0.25) is 0 Å². The highest BCUT2D eigenvalue weighted by Crippen LogP contribution is 2.21. The Hall–Kier alpha value is -1.70. The second-order valence-electron chi connectivity index (χ2n) is 5.58. The van der Waals surface area contributed by atoms with Gasteiger partial charge in [-0.15, -0.1) is 0 Å². The van der Waals surface area contributed by atoms with Crippen molar-refractivity contribution in [3.8, 4) is 5.69 Å². The van der Waals surface area contributed by atoms with Crippen molar-refractivity contribution in [1.82, 2.24) is 19.4 Å². The van der Waals surface area contributed by atoms with Crippen LogP contribution in [-0.4, -0.2) is 48.7 Å². The predicted molar refractivity (Wildman–Crippen MR) is 84.7 cm³/mol. The molecule has 7 heteroatoms. The predicted octanol–water partition coefficient (Wildman–Crippen LogP) is 1.08. The third-order valence-electron chi connectivity index (χ3n) is 3.74. The van der Waals surface area contributed by atoms with Crippen molar-refractivity contribution in [2.24, 2.45) is 0 Å². The number of aromatic nitrogens is 2. The molecular formula is C15H20N4O2S. The number of hydrogen-bond donors (Lipinski definition) is 1. The van der Waals surface area contributed by atoms with Gasteiger partial charge < -0.3 is 5.32 Å². The molecule has 6 nitrogen and oxygen atoms in total. The fourth-order valence-corrected chi connectivity index (χ4v) is 4.30. The van der Waals surface area contributed by atoms with Crippen molar-refractivity contribution in [3.05, 3.63) is 41.6 Å². The van der Waals surface area contributed by atoms with Crippen molar-refractivity contribution in [2.45, 2.75) is 18.9 Å². The molecule has 0 bridgehead atoms. The van der Waals surface area contributed by atoms with Gasteiger partial charge >= 0.3 is 0 Å². The van der Waals surface area contributed by atoms with E-state index in [9.17, 15) is 8.42 Å². The Morgan fingerprint density at radius 1 is 1.09 bits per heavy atom. The molecule has 118 valence electrons. The number of nitrogens with zero attached hydrogens (tertiary/aromatic N) is 3. The van der Waals surface area contributed by atoms with Gasteiger partial charge in [0.1, 0.15) is 0 Å². The Labute approximate surface area is 130 Å². The summed E-state index contributed by atoms with van der Waals surface area (Å²) in [6.07, 6.45) is 1.53. The summed E-state index contributed by atoms with van der Waals surface area (Å²) in [7, 11) is -3.53. The zero-order valence-corrected chi connectivity index (χ0v) is 13.6. The van der Waals surface area contributed by atoms with E-state index in [2.05, 4.69) is 16.5 Å². The van der Waals surface area contributed by atoms with E-state index in [0.29, 0.717) is 26.2 Å². The number of sulfonamides is 1. The van der Waals surface area contributed by atoms with Crippen LogP contribution in [-0.2, 0) is 10.0 Å². The van der Waals surface area contributed by atoms with Gasteiger partial charge in [0, 0.05) is 26.2 Å². The number of piperazine rings is 1. The monoisotopic (exact) mass is 320 g/mol. The lowest BCUT2D eigenvalue weighted by Gasteiger charge is -2.26. The molecule has 1 aromatic heterocycles. The van der Waals surface area contributed by atoms with Crippen LogP contribution >= 0.6 is 0 Å². The Balaban J connectivity index is 2.04. The summed E-state index contributed by atoms with van der Waals surface area (Å²) in [6, 6.07) is 7.50. The van der Waals surface area contributed by atoms with Gasteiger partial charge in [0.05, 0.1) is 11.9 Å². The Bertz CT molecular complexity index is 756. The van der Waals surface area contributed by atoms with E-state index < -0.39 is 10.0 Å². The molecule has 3 rings (SSSR count). The summed E-state index contributed by atoms with van der Waals surface area (Å²) in [5, 5.41) is 7.61. The minimum absolute atomic E-state index is 0.222. The minimum atomic E-state index is -3.53. The van der Waals surface area contributed by atoms with Crippen molar-refractivity contribution < 1.29 is 8.42 Å². The number of benzene rings is 1. The summed E-state index contributed by atoms with van der Waals surface area (Å²) >= 11 is 0. The SMILES string of the molecule is Cc1cc(C)cc(-n2nccc2S(=O)(=O)N2CCNCC2)c1. The van der Waals surface area contributed by atoms with E-state index in [1.165, 1.54) is 15.2 Å². The van der Waals surface area contributed by atoms with E-state index in [4.69, 9.17) is 0 Å². The summed E-state index contributed by atoms with van der Waals surface area (Å²) in [4.78, 5) is 0. The summed E-state index contributed by atoms with van der Waals surface area (Å²) in [5.74, 6) is 0. The van der Waals surface area contributed by atoms with Crippen LogP contribution in [0.3, 0.4) is 0 Å². The lowest BCUT2D eigenvalue weighted by Crippen LogP contribution is -2.46. The zero-order chi connectivity index (χ0) is 15.7. The second kappa shape index (κ2) is 5.83. The van der Waals surface area contributed by atoms with E-state index >= 15 is 0 Å². The van der Waals surface area contributed by atoms with Gasteiger partial charge in [-0.05, 0) is 43.2 Å². The Kier molecular flexibility index (Phi) is 4.03. The third-order valence-corrected chi connectivity index (χ3v) is 5.62. The number of rotatable bonds is 3. The van der Waals surface area contributed by atoms with Crippen LogP contribution in [0.15, 0.2) is 35.5 Å². The maximum atomic E-state index is 12.8. The van der Waals surface area contributed by atoms with Crippen molar-refractivity contribution >= 4 is 10.0 Å². The van der Waals surface area contributed by atoms with Gasteiger partial charge in [-0.3, -0.25) is 0 Å². The molecule has 1 fully saturated rings. The fraction of sp³-hybridized carbons (Fsp3) is 0.400. The van der Waals surface area contributed by atoms with E-state index in [1.807, 2.05) is 26.0 Å². The van der Waals surface area contributed by atoms with Crippen LogP contribution in [0.25, 0.3) is 5.69 Å². The molecule has 1 aromatic carbocycles. The standard InChI is InChI=1S/C15H20N4O2S/c1-12-9-13(2)11-14(10-12)19-15(3-4-17-19)22(20,21)18-7-5-16-6-8-18/h3-4,9-11,16H,5-8H2,1-2H3. The molecule has 0 aliphatic carbocycles. The molecule has 1 aliphatic heterocycles. The first-order chi connectivity index (χ1) is 10.5. The van der Waals surface area contributed by atoms with Gasteiger partial charge in [0.15, 0.2) is 5.03 Å². The topological polar surface area (TPSA) is 67.2 Å². The highest BCUT2D eigenvalue weighted by Gasteiger charge is 2.29. The van der Waals surface area contributed by atoms with Gasteiger partial charge in [-0.25, -0.2) is 13.1 Å². The average molecular weight is 320 g/mol. The molecule has 0 radical (unpaired) electrons. The van der Waals surface area contributed by atoms with Crippen molar-refractivity contribution in [2.75, 3.05) is 26.2 Å². The molecule has 0 amide bonds. The molecule has 1 aliphatic rings. The Morgan fingerprint density at radius 3 is 2.36 bits per heavy atom.